The van der Waals surface area contributed by atoms with Gasteiger partial charge < -0.3 is 19.9 Å². The van der Waals surface area contributed by atoms with Gasteiger partial charge in [-0.15, -0.1) is 0 Å². The summed E-state index contributed by atoms with van der Waals surface area (Å²) < 4.78 is 4.89. The van der Waals surface area contributed by atoms with E-state index in [0.29, 0.717) is 18.0 Å². The molecule has 5 heteroatoms. The lowest BCUT2D eigenvalue weighted by Gasteiger charge is -2.10. The van der Waals surface area contributed by atoms with Crippen molar-refractivity contribution in [2.45, 2.75) is 31.9 Å². The minimum Gasteiger partial charge on any atom is -0.475 e. The minimum atomic E-state index is -1.04. The van der Waals surface area contributed by atoms with E-state index in [2.05, 4.69) is 5.32 Å². The fourth-order valence-corrected chi connectivity index (χ4v) is 2.31. The van der Waals surface area contributed by atoms with Crippen LogP contribution in [-0.2, 0) is 6.54 Å². The summed E-state index contributed by atoms with van der Waals surface area (Å²) in [7, 11) is 0. The summed E-state index contributed by atoms with van der Waals surface area (Å²) in [4.78, 5) is 10.8. The maximum atomic E-state index is 10.8. The number of carbonyl (C=O) groups is 1. The second-order valence-corrected chi connectivity index (χ2v) is 4.54. The highest BCUT2D eigenvalue weighted by molar-refractivity contribution is 5.86. The van der Waals surface area contributed by atoms with Crippen LogP contribution < -0.4 is 5.32 Å². The molecule has 2 unspecified atom stereocenters. The molecule has 3 N–H and O–H groups in total. The molecule has 2 atom stereocenters. The average Bonchev–Trinajstić information content (AvgIpc) is 2.87. The molecule has 2 rings (SSSR count). The molecule has 1 aromatic rings. The Balaban J connectivity index is 1.78. The Morgan fingerprint density at radius 2 is 2.35 bits per heavy atom. The molecule has 1 aromatic heterocycles. The number of carboxylic acid groups (broad SMARTS) is 1. The molecule has 1 aliphatic rings. The summed E-state index contributed by atoms with van der Waals surface area (Å²) in [6, 6.07) is 1.67. The molecule has 0 radical (unpaired) electrons. The molecule has 1 saturated carbocycles. The van der Waals surface area contributed by atoms with Gasteiger partial charge in [0.15, 0.2) is 0 Å². The first-order chi connectivity index (χ1) is 8.16. The number of aliphatic hydroxyl groups is 1. The molecule has 1 fully saturated rings. The van der Waals surface area contributed by atoms with Gasteiger partial charge in [0.1, 0.15) is 0 Å². The Hall–Kier alpha value is -1.33. The number of furan rings is 1. The number of aliphatic hydroxyl groups excluding tert-OH is 1. The fourth-order valence-electron chi connectivity index (χ4n) is 2.31. The zero-order valence-electron chi connectivity index (χ0n) is 9.56. The molecule has 0 aromatic carbocycles. The number of rotatable bonds is 5. The Bertz CT molecular complexity index is 388. The van der Waals surface area contributed by atoms with Crippen molar-refractivity contribution >= 4 is 5.97 Å². The summed E-state index contributed by atoms with van der Waals surface area (Å²) in [6.45, 7) is 1.30. The van der Waals surface area contributed by atoms with E-state index in [1.807, 2.05) is 0 Å². The lowest BCUT2D eigenvalue weighted by Crippen LogP contribution is -2.22. The van der Waals surface area contributed by atoms with Crippen molar-refractivity contribution < 1.29 is 19.4 Å². The summed E-state index contributed by atoms with van der Waals surface area (Å²) >= 11 is 0. The summed E-state index contributed by atoms with van der Waals surface area (Å²) in [5, 5.41) is 21.4. The Morgan fingerprint density at radius 3 is 3.00 bits per heavy atom. The van der Waals surface area contributed by atoms with Gasteiger partial charge in [-0.2, -0.15) is 0 Å². The molecular weight excluding hydrogens is 222 g/mol. The normalized spacial score (nSPS) is 24.1. The highest BCUT2D eigenvalue weighted by atomic mass is 16.4. The van der Waals surface area contributed by atoms with E-state index in [9.17, 15) is 9.90 Å². The van der Waals surface area contributed by atoms with Crippen LogP contribution in [0.1, 0.15) is 35.4 Å². The van der Waals surface area contributed by atoms with Gasteiger partial charge in [0.05, 0.1) is 12.4 Å². The quantitative estimate of drug-likeness (QED) is 0.719. The first-order valence-corrected chi connectivity index (χ1v) is 5.85. The molecule has 0 saturated heterocycles. The van der Waals surface area contributed by atoms with Crippen molar-refractivity contribution in [1.29, 1.82) is 0 Å². The molecule has 0 bridgehead atoms. The van der Waals surface area contributed by atoms with E-state index in [4.69, 9.17) is 9.52 Å². The second-order valence-electron chi connectivity index (χ2n) is 4.54. The second kappa shape index (κ2) is 5.33. The van der Waals surface area contributed by atoms with Crippen molar-refractivity contribution in [3.05, 3.63) is 23.7 Å². The maximum Gasteiger partial charge on any atom is 0.372 e. The third-order valence-corrected chi connectivity index (χ3v) is 3.20. The highest BCUT2D eigenvalue weighted by Crippen LogP contribution is 2.24. The smallest absolute Gasteiger partial charge is 0.372 e. The van der Waals surface area contributed by atoms with Crippen LogP contribution in [0.25, 0.3) is 0 Å². The zero-order chi connectivity index (χ0) is 12.3. The summed E-state index contributed by atoms with van der Waals surface area (Å²) in [5.41, 5.74) is 0.663. The molecule has 94 valence electrons. The topological polar surface area (TPSA) is 82.7 Å². The summed E-state index contributed by atoms with van der Waals surface area (Å²) in [6.07, 6.45) is 3.97. The van der Waals surface area contributed by atoms with Crippen LogP contribution in [0.5, 0.6) is 0 Å². The van der Waals surface area contributed by atoms with Gasteiger partial charge in [-0.1, -0.05) is 0 Å². The number of aromatic carboxylic acids is 1. The van der Waals surface area contributed by atoms with Gasteiger partial charge in [0.2, 0.25) is 5.76 Å². The monoisotopic (exact) mass is 239 g/mol. The molecule has 0 spiro atoms. The SMILES string of the molecule is O=C(O)c1occc1CNCC1CCC(O)C1. The van der Waals surface area contributed by atoms with Gasteiger partial charge in [-0.05, 0) is 37.8 Å². The van der Waals surface area contributed by atoms with E-state index >= 15 is 0 Å². The number of hydrogen-bond donors (Lipinski definition) is 3. The average molecular weight is 239 g/mol. The van der Waals surface area contributed by atoms with Gasteiger partial charge in [0.25, 0.3) is 0 Å². The van der Waals surface area contributed by atoms with E-state index in [-0.39, 0.29) is 11.9 Å². The van der Waals surface area contributed by atoms with Crippen LogP contribution in [0.2, 0.25) is 0 Å². The predicted molar refractivity (Wildman–Crippen MR) is 60.7 cm³/mol. The number of carboxylic acids is 1. The number of hydrogen-bond acceptors (Lipinski definition) is 4. The van der Waals surface area contributed by atoms with Crippen LogP contribution in [0.3, 0.4) is 0 Å². The lowest BCUT2D eigenvalue weighted by molar-refractivity contribution is 0.0660. The molecule has 1 heterocycles. The van der Waals surface area contributed by atoms with E-state index < -0.39 is 5.97 Å². The predicted octanol–water partition coefficient (Wildman–Crippen LogP) is 1.23. The largest absolute Gasteiger partial charge is 0.475 e. The van der Waals surface area contributed by atoms with Crippen molar-refractivity contribution in [1.82, 2.24) is 5.32 Å². The van der Waals surface area contributed by atoms with E-state index in [0.717, 1.165) is 25.8 Å². The number of nitrogens with one attached hydrogen (secondary N) is 1. The van der Waals surface area contributed by atoms with E-state index in [1.54, 1.807) is 6.07 Å². The van der Waals surface area contributed by atoms with Crippen LogP contribution >= 0.6 is 0 Å². The Labute approximate surface area is 99.4 Å². The van der Waals surface area contributed by atoms with Crippen molar-refractivity contribution in [3.8, 4) is 0 Å². The first kappa shape index (κ1) is 12.1. The van der Waals surface area contributed by atoms with Gasteiger partial charge in [-0.3, -0.25) is 0 Å². The van der Waals surface area contributed by atoms with Crippen molar-refractivity contribution in [3.63, 3.8) is 0 Å². The standard InChI is InChI=1S/C12H17NO4/c14-10-2-1-8(5-10)6-13-7-9-3-4-17-11(9)12(15)16/h3-4,8,10,13-14H,1-2,5-7H2,(H,15,16). The van der Waals surface area contributed by atoms with Gasteiger partial charge in [-0.25, -0.2) is 4.79 Å². The third-order valence-electron chi connectivity index (χ3n) is 3.20. The van der Waals surface area contributed by atoms with Crippen LogP contribution in [0.15, 0.2) is 16.7 Å². The molecule has 0 aliphatic heterocycles. The Morgan fingerprint density at radius 1 is 1.53 bits per heavy atom. The van der Waals surface area contributed by atoms with E-state index in [1.165, 1.54) is 6.26 Å². The maximum absolute atomic E-state index is 10.8. The molecular formula is C12H17NO4. The molecule has 0 amide bonds. The lowest BCUT2D eigenvalue weighted by atomic mass is 10.1. The van der Waals surface area contributed by atoms with Gasteiger partial charge >= 0.3 is 5.97 Å². The van der Waals surface area contributed by atoms with Crippen LogP contribution in [-0.4, -0.2) is 28.8 Å². The molecule has 17 heavy (non-hydrogen) atoms. The zero-order valence-corrected chi connectivity index (χ0v) is 9.56. The fraction of sp³-hybridized carbons (Fsp3) is 0.583. The third kappa shape index (κ3) is 3.08. The Kier molecular flexibility index (Phi) is 3.81. The van der Waals surface area contributed by atoms with Crippen molar-refractivity contribution in [2.75, 3.05) is 6.54 Å². The molecule has 5 nitrogen and oxygen atoms in total. The summed E-state index contributed by atoms with van der Waals surface area (Å²) in [5.74, 6) is -0.544. The highest BCUT2D eigenvalue weighted by Gasteiger charge is 2.22. The van der Waals surface area contributed by atoms with Gasteiger partial charge in [0, 0.05) is 12.1 Å². The molecule has 1 aliphatic carbocycles. The van der Waals surface area contributed by atoms with Crippen LogP contribution in [0.4, 0.5) is 0 Å². The van der Waals surface area contributed by atoms with Crippen LogP contribution in [0, 0.1) is 5.92 Å². The minimum absolute atomic E-state index is 0.00366. The van der Waals surface area contributed by atoms with Crippen molar-refractivity contribution in [2.24, 2.45) is 5.92 Å². The first-order valence-electron chi connectivity index (χ1n) is 5.85.